The Morgan fingerprint density at radius 3 is 2.04 bits per heavy atom. The Morgan fingerprint density at radius 2 is 1.50 bits per heavy atom. The molecular formula is C17H20F2N4O. The molecule has 1 fully saturated rings. The van der Waals surface area contributed by atoms with Crippen molar-refractivity contribution in [2.24, 2.45) is 0 Å². The van der Waals surface area contributed by atoms with Gasteiger partial charge < -0.3 is 4.74 Å². The summed E-state index contributed by atoms with van der Waals surface area (Å²) >= 11 is 0. The number of rotatable bonds is 5. The summed E-state index contributed by atoms with van der Waals surface area (Å²) in [6, 6.07) is 4.47. The zero-order valence-electron chi connectivity index (χ0n) is 13.6. The van der Waals surface area contributed by atoms with E-state index in [0.717, 1.165) is 43.9 Å². The van der Waals surface area contributed by atoms with Gasteiger partial charge in [0.05, 0.1) is 7.11 Å². The van der Waals surface area contributed by atoms with Gasteiger partial charge in [-0.25, -0.2) is 18.7 Å². The Balaban J connectivity index is 1.49. The molecule has 0 spiro atoms. The van der Waals surface area contributed by atoms with Crippen molar-refractivity contribution in [3.8, 4) is 6.01 Å². The first-order valence-electron chi connectivity index (χ1n) is 7.87. The van der Waals surface area contributed by atoms with Gasteiger partial charge in [-0.1, -0.05) is 6.07 Å². The maximum atomic E-state index is 13.3. The highest BCUT2D eigenvalue weighted by molar-refractivity contribution is 5.17. The first-order valence-corrected chi connectivity index (χ1v) is 7.87. The first-order chi connectivity index (χ1) is 11.6. The van der Waals surface area contributed by atoms with E-state index >= 15 is 0 Å². The number of hydrogen-bond donors (Lipinski definition) is 0. The molecule has 1 saturated heterocycles. The third-order valence-electron chi connectivity index (χ3n) is 4.13. The van der Waals surface area contributed by atoms with Crippen LogP contribution in [0.15, 0.2) is 30.6 Å². The van der Waals surface area contributed by atoms with E-state index in [-0.39, 0.29) is 0 Å². The van der Waals surface area contributed by atoms with Crippen LogP contribution in [0.5, 0.6) is 6.01 Å². The third kappa shape index (κ3) is 4.24. The van der Waals surface area contributed by atoms with Crippen LogP contribution in [0.4, 0.5) is 8.78 Å². The molecule has 0 radical (unpaired) electrons. The standard InChI is InChI=1S/C17H20F2N4O/c1-24-17-20-9-14(10-21-17)12-23-6-4-22(5-7-23)11-13-2-3-15(18)16(19)8-13/h2-3,8-10H,4-7,11-12H2,1H3. The highest BCUT2D eigenvalue weighted by atomic mass is 19.2. The van der Waals surface area contributed by atoms with Crippen LogP contribution in [0.25, 0.3) is 0 Å². The molecule has 2 heterocycles. The van der Waals surface area contributed by atoms with Crippen molar-refractivity contribution >= 4 is 0 Å². The van der Waals surface area contributed by atoms with Gasteiger partial charge in [0.25, 0.3) is 0 Å². The molecule has 0 unspecified atom stereocenters. The van der Waals surface area contributed by atoms with Crippen LogP contribution < -0.4 is 4.74 Å². The SMILES string of the molecule is COc1ncc(CN2CCN(Cc3ccc(F)c(F)c3)CC2)cn1. The zero-order valence-corrected chi connectivity index (χ0v) is 13.6. The minimum Gasteiger partial charge on any atom is -0.467 e. The summed E-state index contributed by atoms with van der Waals surface area (Å²) in [5.74, 6) is -1.59. The molecule has 7 heteroatoms. The van der Waals surface area contributed by atoms with Crippen molar-refractivity contribution in [3.05, 3.63) is 53.4 Å². The molecule has 3 rings (SSSR count). The molecule has 24 heavy (non-hydrogen) atoms. The van der Waals surface area contributed by atoms with Gasteiger partial charge >= 0.3 is 6.01 Å². The van der Waals surface area contributed by atoms with Crippen LogP contribution in [-0.4, -0.2) is 53.1 Å². The Kier molecular flexibility index (Phi) is 5.32. The van der Waals surface area contributed by atoms with Gasteiger partial charge in [0.1, 0.15) is 0 Å². The number of benzene rings is 1. The lowest BCUT2D eigenvalue weighted by Crippen LogP contribution is -2.45. The van der Waals surface area contributed by atoms with Gasteiger partial charge in [0, 0.05) is 57.2 Å². The minimum atomic E-state index is -0.801. The average Bonchev–Trinajstić information content (AvgIpc) is 2.61. The summed E-state index contributed by atoms with van der Waals surface area (Å²) in [5, 5.41) is 0. The highest BCUT2D eigenvalue weighted by Gasteiger charge is 2.18. The zero-order chi connectivity index (χ0) is 16.9. The molecule has 5 nitrogen and oxygen atoms in total. The van der Waals surface area contributed by atoms with Crippen LogP contribution in [0.3, 0.4) is 0 Å². The van der Waals surface area contributed by atoms with Crippen molar-refractivity contribution in [1.82, 2.24) is 19.8 Å². The molecule has 1 aromatic heterocycles. The lowest BCUT2D eigenvalue weighted by Gasteiger charge is -2.34. The largest absolute Gasteiger partial charge is 0.467 e. The summed E-state index contributed by atoms with van der Waals surface area (Å²) in [6.07, 6.45) is 3.55. The van der Waals surface area contributed by atoms with Crippen molar-refractivity contribution in [3.63, 3.8) is 0 Å². The van der Waals surface area contributed by atoms with E-state index < -0.39 is 11.6 Å². The van der Waals surface area contributed by atoms with Gasteiger partial charge in [0.2, 0.25) is 0 Å². The molecule has 2 aromatic rings. The second-order valence-corrected chi connectivity index (χ2v) is 5.88. The van der Waals surface area contributed by atoms with E-state index in [9.17, 15) is 8.78 Å². The van der Waals surface area contributed by atoms with Crippen molar-refractivity contribution < 1.29 is 13.5 Å². The quantitative estimate of drug-likeness (QED) is 0.837. The predicted molar refractivity (Wildman–Crippen MR) is 85.5 cm³/mol. The first kappa shape index (κ1) is 16.7. The number of methoxy groups -OCH3 is 1. The Morgan fingerprint density at radius 1 is 0.917 bits per heavy atom. The predicted octanol–water partition coefficient (Wildman–Crippen LogP) is 2.08. The van der Waals surface area contributed by atoms with Crippen molar-refractivity contribution in [2.75, 3.05) is 33.3 Å². The number of aromatic nitrogens is 2. The van der Waals surface area contributed by atoms with E-state index in [4.69, 9.17) is 4.74 Å². The fourth-order valence-electron chi connectivity index (χ4n) is 2.79. The number of halogens is 2. The minimum absolute atomic E-state index is 0.370. The van der Waals surface area contributed by atoms with Gasteiger partial charge in [-0.15, -0.1) is 0 Å². The normalized spacial score (nSPS) is 16.3. The summed E-state index contributed by atoms with van der Waals surface area (Å²) in [5.41, 5.74) is 1.84. The highest BCUT2D eigenvalue weighted by Crippen LogP contribution is 2.14. The smallest absolute Gasteiger partial charge is 0.316 e. The molecule has 128 valence electrons. The topological polar surface area (TPSA) is 41.5 Å². The van der Waals surface area contributed by atoms with Crippen LogP contribution in [0.1, 0.15) is 11.1 Å². The average molecular weight is 334 g/mol. The molecule has 0 bridgehead atoms. The lowest BCUT2D eigenvalue weighted by molar-refractivity contribution is 0.121. The molecule has 0 aliphatic carbocycles. The van der Waals surface area contributed by atoms with Crippen LogP contribution in [-0.2, 0) is 13.1 Å². The summed E-state index contributed by atoms with van der Waals surface area (Å²) in [6.45, 7) is 5.02. The number of nitrogens with zero attached hydrogens (tertiary/aromatic N) is 4. The summed E-state index contributed by atoms with van der Waals surface area (Å²) < 4.78 is 31.2. The summed E-state index contributed by atoms with van der Waals surface area (Å²) in [4.78, 5) is 12.8. The molecule has 0 saturated carbocycles. The molecule has 0 atom stereocenters. The second kappa shape index (κ2) is 7.63. The molecular weight excluding hydrogens is 314 g/mol. The Bertz CT molecular complexity index is 673. The van der Waals surface area contributed by atoms with E-state index in [1.807, 2.05) is 0 Å². The van der Waals surface area contributed by atoms with Gasteiger partial charge in [0.15, 0.2) is 11.6 Å². The van der Waals surface area contributed by atoms with Crippen LogP contribution in [0, 0.1) is 11.6 Å². The van der Waals surface area contributed by atoms with E-state index in [1.165, 1.54) is 12.1 Å². The van der Waals surface area contributed by atoms with Gasteiger partial charge in [-0.3, -0.25) is 9.80 Å². The molecule has 1 aromatic carbocycles. The van der Waals surface area contributed by atoms with E-state index in [0.29, 0.717) is 12.6 Å². The number of hydrogen-bond acceptors (Lipinski definition) is 5. The van der Waals surface area contributed by atoms with Gasteiger partial charge in [-0.2, -0.15) is 0 Å². The van der Waals surface area contributed by atoms with E-state index in [1.54, 1.807) is 25.6 Å². The summed E-state index contributed by atoms with van der Waals surface area (Å²) in [7, 11) is 1.54. The molecule has 0 amide bonds. The van der Waals surface area contributed by atoms with Crippen molar-refractivity contribution in [2.45, 2.75) is 13.1 Å². The fourth-order valence-corrected chi connectivity index (χ4v) is 2.79. The Hall–Kier alpha value is -2.12. The maximum absolute atomic E-state index is 13.3. The second-order valence-electron chi connectivity index (χ2n) is 5.88. The van der Waals surface area contributed by atoms with E-state index in [2.05, 4.69) is 19.8 Å². The van der Waals surface area contributed by atoms with Crippen LogP contribution >= 0.6 is 0 Å². The number of ether oxygens (including phenoxy) is 1. The molecule has 1 aliphatic rings. The number of piperazine rings is 1. The molecule has 0 N–H and O–H groups in total. The molecule has 1 aliphatic heterocycles. The van der Waals surface area contributed by atoms with Crippen LogP contribution in [0.2, 0.25) is 0 Å². The lowest BCUT2D eigenvalue weighted by atomic mass is 10.2. The maximum Gasteiger partial charge on any atom is 0.316 e. The van der Waals surface area contributed by atoms with Crippen molar-refractivity contribution in [1.29, 1.82) is 0 Å². The monoisotopic (exact) mass is 334 g/mol. The van der Waals surface area contributed by atoms with Gasteiger partial charge in [-0.05, 0) is 17.7 Å². The fraction of sp³-hybridized carbons (Fsp3) is 0.412. The Labute approximate surface area is 139 Å². The third-order valence-corrected chi connectivity index (χ3v) is 4.13.